The molecular formula is C23H29ClN2O2. The first-order valence-corrected chi connectivity index (χ1v) is 10.0. The van der Waals surface area contributed by atoms with E-state index in [0.29, 0.717) is 24.0 Å². The Morgan fingerprint density at radius 3 is 2.36 bits per heavy atom. The molecule has 1 N–H and O–H groups in total. The van der Waals surface area contributed by atoms with Crippen molar-refractivity contribution in [2.45, 2.75) is 46.7 Å². The fourth-order valence-corrected chi connectivity index (χ4v) is 3.18. The van der Waals surface area contributed by atoms with Gasteiger partial charge in [-0.1, -0.05) is 67.4 Å². The zero-order valence-electron chi connectivity index (χ0n) is 17.0. The van der Waals surface area contributed by atoms with Crippen LogP contribution in [0.15, 0.2) is 48.5 Å². The van der Waals surface area contributed by atoms with Crippen LogP contribution in [-0.2, 0) is 22.6 Å². The highest BCUT2D eigenvalue weighted by Crippen LogP contribution is 2.16. The van der Waals surface area contributed by atoms with Crippen molar-refractivity contribution >= 4 is 23.4 Å². The van der Waals surface area contributed by atoms with Crippen molar-refractivity contribution in [2.75, 3.05) is 6.54 Å². The number of nitrogens with one attached hydrogen (secondary N) is 1. The van der Waals surface area contributed by atoms with E-state index in [0.717, 1.165) is 16.7 Å². The highest BCUT2D eigenvalue weighted by Gasteiger charge is 2.26. The van der Waals surface area contributed by atoms with Gasteiger partial charge >= 0.3 is 0 Å². The standard InChI is InChI=1S/C23H29ClN2O2/c1-16(2)14-25-23(28)18(4)26(15-20-9-5-7-17(3)11-20)22(27)13-19-8-6-10-21(24)12-19/h5-12,16,18H,13-15H2,1-4H3,(H,25,28)/t18-/m0/s1. The fraction of sp³-hybridized carbons (Fsp3) is 0.391. The summed E-state index contributed by atoms with van der Waals surface area (Å²) in [4.78, 5) is 27.4. The van der Waals surface area contributed by atoms with E-state index < -0.39 is 6.04 Å². The molecule has 0 fully saturated rings. The molecule has 0 spiro atoms. The van der Waals surface area contributed by atoms with Crippen LogP contribution in [0.5, 0.6) is 0 Å². The van der Waals surface area contributed by atoms with Crippen LogP contribution in [0.1, 0.15) is 37.5 Å². The summed E-state index contributed by atoms with van der Waals surface area (Å²) in [5.74, 6) is 0.111. The van der Waals surface area contributed by atoms with Gasteiger partial charge in [-0.2, -0.15) is 0 Å². The molecule has 1 atom stereocenters. The van der Waals surface area contributed by atoms with Crippen LogP contribution in [0, 0.1) is 12.8 Å². The van der Waals surface area contributed by atoms with Crippen LogP contribution in [-0.4, -0.2) is 29.3 Å². The summed E-state index contributed by atoms with van der Waals surface area (Å²) in [7, 11) is 0. The SMILES string of the molecule is Cc1cccc(CN(C(=O)Cc2cccc(Cl)c2)[C@@H](C)C(=O)NCC(C)C)c1. The summed E-state index contributed by atoms with van der Waals surface area (Å²) in [5, 5.41) is 3.53. The Kier molecular flexibility index (Phi) is 8.06. The minimum absolute atomic E-state index is 0.101. The molecule has 2 aromatic rings. The van der Waals surface area contributed by atoms with Gasteiger partial charge in [-0.15, -0.1) is 0 Å². The van der Waals surface area contributed by atoms with Gasteiger partial charge in [0.2, 0.25) is 11.8 Å². The summed E-state index contributed by atoms with van der Waals surface area (Å²) in [6.07, 6.45) is 0.203. The Morgan fingerprint density at radius 1 is 1.04 bits per heavy atom. The molecule has 150 valence electrons. The predicted molar refractivity (Wildman–Crippen MR) is 114 cm³/mol. The second-order valence-corrected chi connectivity index (χ2v) is 8.07. The third kappa shape index (κ3) is 6.68. The molecule has 2 aromatic carbocycles. The van der Waals surface area contributed by atoms with Gasteiger partial charge in [0, 0.05) is 18.1 Å². The number of hydrogen-bond acceptors (Lipinski definition) is 2. The molecule has 0 unspecified atom stereocenters. The maximum absolute atomic E-state index is 13.1. The normalized spacial score (nSPS) is 11.9. The van der Waals surface area contributed by atoms with E-state index in [2.05, 4.69) is 5.32 Å². The van der Waals surface area contributed by atoms with E-state index in [4.69, 9.17) is 11.6 Å². The molecule has 0 radical (unpaired) electrons. The molecular weight excluding hydrogens is 372 g/mol. The number of nitrogens with zero attached hydrogens (tertiary/aromatic N) is 1. The lowest BCUT2D eigenvalue weighted by atomic mass is 10.1. The van der Waals surface area contributed by atoms with Crippen molar-refractivity contribution in [3.63, 3.8) is 0 Å². The Hall–Kier alpha value is -2.33. The van der Waals surface area contributed by atoms with Crippen molar-refractivity contribution < 1.29 is 9.59 Å². The first-order valence-electron chi connectivity index (χ1n) is 9.63. The first-order chi connectivity index (χ1) is 13.3. The third-order valence-corrected chi connectivity index (χ3v) is 4.77. The molecule has 0 aliphatic heterocycles. The maximum atomic E-state index is 13.1. The quantitative estimate of drug-likeness (QED) is 0.714. The second kappa shape index (κ2) is 10.3. The van der Waals surface area contributed by atoms with Crippen LogP contribution in [0.3, 0.4) is 0 Å². The zero-order valence-corrected chi connectivity index (χ0v) is 17.8. The number of amides is 2. The summed E-state index contributed by atoms with van der Waals surface area (Å²) in [5.41, 5.74) is 2.96. The van der Waals surface area contributed by atoms with Crippen molar-refractivity contribution in [2.24, 2.45) is 5.92 Å². The van der Waals surface area contributed by atoms with Crippen molar-refractivity contribution in [3.8, 4) is 0 Å². The Balaban J connectivity index is 2.21. The topological polar surface area (TPSA) is 49.4 Å². The molecule has 2 amide bonds. The van der Waals surface area contributed by atoms with Crippen LogP contribution in [0.25, 0.3) is 0 Å². The lowest BCUT2D eigenvalue weighted by Gasteiger charge is -2.29. The molecule has 4 nitrogen and oxygen atoms in total. The minimum Gasteiger partial charge on any atom is -0.354 e. The molecule has 0 bridgehead atoms. The van der Waals surface area contributed by atoms with E-state index in [1.807, 2.05) is 57.2 Å². The summed E-state index contributed by atoms with van der Waals surface area (Å²) in [6.45, 7) is 8.85. The highest BCUT2D eigenvalue weighted by atomic mass is 35.5. The number of rotatable bonds is 8. The number of carbonyl (C=O) groups excluding carboxylic acids is 2. The monoisotopic (exact) mass is 400 g/mol. The lowest BCUT2D eigenvalue weighted by molar-refractivity contribution is -0.140. The first kappa shape index (κ1) is 22.0. The number of hydrogen-bond donors (Lipinski definition) is 1. The lowest BCUT2D eigenvalue weighted by Crippen LogP contribution is -2.48. The second-order valence-electron chi connectivity index (χ2n) is 7.63. The largest absolute Gasteiger partial charge is 0.354 e. The van der Waals surface area contributed by atoms with E-state index in [-0.39, 0.29) is 18.2 Å². The van der Waals surface area contributed by atoms with Gasteiger partial charge in [-0.25, -0.2) is 0 Å². The smallest absolute Gasteiger partial charge is 0.242 e. The molecule has 2 rings (SSSR count). The number of halogens is 1. The van der Waals surface area contributed by atoms with Crippen LogP contribution >= 0.6 is 11.6 Å². The molecule has 28 heavy (non-hydrogen) atoms. The zero-order chi connectivity index (χ0) is 20.7. The molecule has 0 aliphatic carbocycles. The van der Waals surface area contributed by atoms with Gasteiger partial charge in [0.05, 0.1) is 6.42 Å². The highest BCUT2D eigenvalue weighted by molar-refractivity contribution is 6.30. The van der Waals surface area contributed by atoms with Gasteiger partial charge in [0.1, 0.15) is 6.04 Å². The minimum atomic E-state index is -0.564. The fourth-order valence-electron chi connectivity index (χ4n) is 2.97. The Bertz CT molecular complexity index is 820. The van der Waals surface area contributed by atoms with E-state index >= 15 is 0 Å². The van der Waals surface area contributed by atoms with Crippen molar-refractivity contribution in [3.05, 3.63) is 70.2 Å². The number of benzene rings is 2. The van der Waals surface area contributed by atoms with E-state index in [1.54, 1.807) is 24.0 Å². The molecule has 0 saturated carbocycles. The summed E-state index contributed by atoms with van der Waals surface area (Å²) < 4.78 is 0. The van der Waals surface area contributed by atoms with E-state index in [1.165, 1.54) is 0 Å². The van der Waals surface area contributed by atoms with Crippen LogP contribution in [0.4, 0.5) is 0 Å². The molecule has 0 heterocycles. The number of carbonyl (C=O) groups is 2. The molecule has 5 heteroatoms. The van der Waals surface area contributed by atoms with Gasteiger partial charge in [0.25, 0.3) is 0 Å². The Labute approximate surface area is 172 Å². The summed E-state index contributed by atoms with van der Waals surface area (Å²) >= 11 is 6.05. The van der Waals surface area contributed by atoms with E-state index in [9.17, 15) is 9.59 Å². The predicted octanol–water partition coefficient (Wildman–Crippen LogP) is 4.38. The summed E-state index contributed by atoms with van der Waals surface area (Å²) in [6, 6.07) is 14.7. The third-order valence-electron chi connectivity index (χ3n) is 4.53. The number of aryl methyl sites for hydroxylation is 1. The Morgan fingerprint density at radius 2 is 1.71 bits per heavy atom. The molecule has 0 aromatic heterocycles. The molecule has 0 aliphatic rings. The van der Waals surface area contributed by atoms with Crippen LogP contribution < -0.4 is 5.32 Å². The van der Waals surface area contributed by atoms with Crippen LogP contribution in [0.2, 0.25) is 5.02 Å². The van der Waals surface area contributed by atoms with Gasteiger partial charge in [-0.3, -0.25) is 9.59 Å². The van der Waals surface area contributed by atoms with Gasteiger partial charge in [0.15, 0.2) is 0 Å². The van der Waals surface area contributed by atoms with Gasteiger partial charge < -0.3 is 10.2 Å². The van der Waals surface area contributed by atoms with Crippen molar-refractivity contribution in [1.82, 2.24) is 10.2 Å². The van der Waals surface area contributed by atoms with Crippen molar-refractivity contribution in [1.29, 1.82) is 0 Å². The van der Waals surface area contributed by atoms with Gasteiger partial charge in [-0.05, 0) is 43.0 Å². The maximum Gasteiger partial charge on any atom is 0.242 e. The molecule has 0 saturated heterocycles. The average Bonchev–Trinajstić information content (AvgIpc) is 2.63. The average molecular weight is 401 g/mol.